The molecule has 0 aliphatic heterocycles. The first-order valence-corrected chi connectivity index (χ1v) is 10.1. The number of hydrogen-bond donors (Lipinski definition) is 1. The van der Waals surface area contributed by atoms with Gasteiger partial charge in [0, 0.05) is 17.7 Å². The fraction of sp³-hybridized carbons (Fsp3) is 0.458. The molecule has 28 heavy (non-hydrogen) atoms. The molecule has 1 N–H and O–H groups in total. The average molecular weight is 386 g/mol. The molecular formula is C24H35NO3. The number of methoxy groups -OCH3 is 1. The van der Waals surface area contributed by atoms with Crippen LogP contribution in [0.15, 0.2) is 30.3 Å². The summed E-state index contributed by atoms with van der Waals surface area (Å²) in [7, 11) is 1.68. The SMILES string of the molecule is CC.CCCC(=O)Nc1cc(C)c(Oc2ccc(OC)c(C(C)C)c2)c(C)c1. The third-order valence-electron chi connectivity index (χ3n) is 4.26. The normalized spacial score (nSPS) is 10.2. The molecule has 0 bridgehead atoms. The Morgan fingerprint density at radius 3 is 2.18 bits per heavy atom. The number of ether oxygens (including phenoxy) is 2. The highest BCUT2D eigenvalue weighted by molar-refractivity contribution is 5.91. The van der Waals surface area contributed by atoms with Crippen LogP contribution in [0.4, 0.5) is 5.69 Å². The van der Waals surface area contributed by atoms with Gasteiger partial charge in [0.25, 0.3) is 0 Å². The Balaban J connectivity index is 0.00000190. The molecule has 0 heterocycles. The van der Waals surface area contributed by atoms with E-state index in [0.717, 1.165) is 46.0 Å². The lowest BCUT2D eigenvalue weighted by Gasteiger charge is -2.17. The smallest absolute Gasteiger partial charge is 0.224 e. The summed E-state index contributed by atoms with van der Waals surface area (Å²) < 4.78 is 11.6. The molecule has 0 fully saturated rings. The Bertz CT molecular complexity index is 758. The summed E-state index contributed by atoms with van der Waals surface area (Å²) in [5.74, 6) is 2.85. The van der Waals surface area contributed by atoms with E-state index in [4.69, 9.17) is 9.47 Å². The van der Waals surface area contributed by atoms with Crippen molar-refractivity contribution >= 4 is 11.6 Å². The Labute approximate surface area is 170 Å². The minimum atomic E-state index is 0.0386. The lowest BCUT2D eigenvalue weighted by molar-refractivity contribution is -0.116. The van der Waals surface area contributed by atoms with Crippen LogP contribution < -0.4 is 14.8 Å². The molecule has 0 aliphatic carbocycles. The van der Waals surface area contributed by atoms with Crippen molar-refractivity contribution in [2.45, 2.75) is 67.2 Å². The van der Waals surface area contributed by atoms with E-state index in [2.05, 4.69) is 19.2 Å². The number of carbonyl (C=O) groups is 1. The summed E-state index contributed by atoms with van der Waals surface area (Å²) in [5, 5.41) is 2.94. The van der Waals surface area contributed by atoms with Gasteiger partial charge in [-0.2, -0.15) is 0 Å². The van der Waals surface area contributed by atoms with Crippen molar-refractivity contribution in [2.24, 2.45) is 0 Å². The van der Waals surface area contributed by atoms with Crippen LogP contribution in [0.2, 0.25) is 0 Å². The third-order valence-corrected chi connectivity index (χ3v) is 4.26. The summed E-state index contributed by atoms with van der Waals surface area (Å²) in [5.41, 5.74) is 3.89. The highest BCUT2D eigenvalue weighted by atomic mass is 16.5. The van der Waals surface area contributed by atoms with E-state index < -0.39 is 0 Å². The number of carbonyl (C=O) groups excluding carboxylic acids is 1. The molecule has 0 radical (unpaired) electrons. The maximum Gasteiger partial charge on any atom is 0.224 e. The lowest BCUT2D eigenvalue weighted by Crippen LogP contribution is -2.11. The first-order valence-electron chi connectivity index (χ1n) is 10.1. The van der Waals surface area contributed by atoms with Crippen molar-refractivity contribution in [3.63, 3.8) is 0 Å². The minimum absolute atomic E-state index is 0.0386. The maximum atomic E-state index is 11.8. The van der Waals surface area contributed by atoms with E-state index in [9.17, 15) is 4.79 Å². The van der Waals surface area contributed by atoms with Gasteiger partial charge in [-0.05, 0) is 67.6 Å². The van der Waals surface area contributed by atoms with E-state index >= 15 is 0 Å². The molecular weight excluding hydrogens is 350 g/mol. The molecule has 0 atom stereocenters. The highest BCUT2D eigenvalue weighted by Crippen LogP contribution is 2.35. The number of benzene rings is 2. The molecule has 2 aromatic carbocycles. The molecule has 4 heteroatoms. The summed E-state index contributed by atoms with van der Waals surface area (Å²) in [6.07, 6.45) is 1.36. The molecule has 1 amide bonds. The number of amides is 1. The summed E-state index contributed by atoms with van der Waals surface area (Å²) in [6, 6.07) is 9.78. The van der Waals surface area contributed by atoms with Crippen LogP contribution in [0, 0.1) is 13.8 Å². The predicted molar refractivity (Wildman–Crippen MR) is 118 cm³/mol. The molecule has 2 aromatic rings. The van der Waals surface area contributed by atoms with Crippen LogP contribution in [0.25, 0.3) is 0 Å². The Morgan fingerprint density at radius 2 is 1.68 bits per heavy atom. The molecule has 0 saturated carbocycles. The zero-order chi connectivity index (χ0) is 21.3. The van der Waals surface area contributed by atoms with E-state index in [1.54, 1.807) is 7.11 Å². The van der Waals surface area contributed by atoms with Gasteiger partial charge in [0.2, 0.25) is 5.91 Å². The second-order valence-electron chi connectivity index (χ2n) is 6.90. The molecule has 0 aliphatic rings. The minimum Gasteiger partial charge on any atom is -0.496 e. The van der Waals surface area contributed by atoms with E-state index in [1.165, 1.54) is 0 Å². The molecule has 0 spiro atoms. The molecule has 2 rings (SSSR count). The van der Waals surface area contributed by atoms with Crippen molar-refractivity contribution in [3.05, 3.63) is 47.0 Å². The van der Waals surface area contributed by atoms with Gasteiger partial charge in [0.1, 0.15) is 17.2 Å². The second-order valence-corrected chi connectivity index (χ2v) is 6.90. The van der Waals surface area contributed by atoms with E-state index in [1.807, 2.05) is 65.0 Å². The van der Waals surface area contributed by atoms with Crippen LogP contribution in [-0.2, 0) is 4.79 Å². The Hall–Kier alpha value is -2.49. The topological polar surface area (TPSA) is 47.6 Å². The van der Waals surface area contributed by atoms with Gasteiger partial charge in [0.05, 0.1) is 7.11 Å². The summed E-state index contributed by atoms with van der Waals surface area (Å²) in [6.45, 7) is 14.2. The molecule has 0 saturated heterocycles. The van der Waals surface area contributed by atoms with Crippen molar-refractivity contribution in [2.75, 3.05) is 12.4 Å². The average Bonchev–Trinajstić information content (AvgIpc) is 2.66. The number of anilines is 1. The first-order chi connectivity index (χ1) is 13.3. The molecule has 154 valence electrons. The van der Waals surface area contributed by atoms with E-state index in [0.29, 0.717) is 12.3 Å². The van der Waals surface area contributed by atoms with Crippen LogP contribution in [0.5, 0.6) is 17.2 Å². The zero-order valence-corrected chi connectivity index (χ0v) is 18.6. The van der Waals surface area contributed by atoms with Crippen LogP contribution >= 0.6 is 0 Å². The van der Waals surface area contributed by atoms with Crippen molar-refractivity contribution in [1.29, 1.82) is 0 Å². The van der Waals surface area contributed by atoms with Gasteiger partial charge in [-0.25, -0.2) is 0 Å². The molecule has 4 nitrogen and oxygen atoms in total. The van der Waals surface area contributed by atoms with Crippen LogP contribution in [-0.4, -0.2) is 13.0 Å². The maximum absolute atomic E-state index is 11.8. The Morgan fingerprint density at radius 1 is 1.07 bits per heavy atom. The number of aryl methyl sites for hydroxylation is 2. The van der Waals surface area contributed by atoms with Gasteiger partial charge in [-0.1, -0.05) is 34.6 Å². The van der Waals surface area contributed by atoms with Crippen LogP contribution in [0.3, 0.4) is 0 Å². The highest BCUT2D eigenvalue weighted by Gasteiger charge is 2.13. The van der Waals surface area contributed by atoms with Crippen molar-refractivity contribution < 1.29 is 14.3 Å². The monoisotopic (exact) mass is 385 g/mol. The Kier molecular flexibility index (Phi) is 9.57. The second kappa shape index (κ2) is 11.4. The number of hydrogen-bond acceptors (Lipinski definition) is 3. The standard InChI is InChI=1S/C22H29NO3.C2H6/c1-7-8-21(24)23-17-11-15(4)22(16(5)12-17)26-18-9-10-20(25-6)19(13-18)14(2)3;1-2/h9-14H,7-8H2,1-6H3,(H,23,24);1-2H3. The molecule has 0 unspecified atom stereocenters. The van der Waals surface area contributed by atoms with Gasteiger partial charge >= 0.3 is 0 Å². The largest absolute Gasteiger partial charge is 0.496 e. The van der Waals surface area contributed by atoms with Gasteiger partial charge in [0.15, 0.2) is 0 Å². The predicted octanol–water partition coefficient (Wildman–Crippen LogP) is 6.99. The van der Waals surface area contributed by atoms with Crippen LogP contribution in [0.1, 0.15) is 70.1 Å². The third kappa shape index (κ3) is 6.29. The van der Waals surface area contributed by atoms with Gasteiger partial charge in [-0.3, -0.25) is 4.79 Å². The van der Waals surface area contributed by atoms with Crippen molar-refractivity contribution in [1.82, 2.24) is 0 Å². The fourth-order valence-electron chi connectivity index (χ4n) is 2.98. The van der Waals surface area contributed by atoms with Gasteiger partial charge in [-0.15, -0.1) is 0 Å². The number of rotatable bonds is 7. The fourth-order valence-corrected chi connectivity index (χ4v) is 2.98. The van der Waals surface area contributed by atoms with Gasteiger partial charge < -0.3 is 14.8 Å². The lowest BCUT2D eigenvalue weighted by atomic mass is 10.0. The summed E-state index contributed by atoms with van der Waals surface area (Å²) >= 11 is 0. The zero-order valence-electron chi connectivity index (χ0n) is 18.6. The molecule has 0 aromatic heterocycles. The van der Waals surface area contributed by atoms with Crippen molar-refractivity contribution in [3.8, 4) is 17.2 Å². The first kappa shape index (κ1) is 23.5. The number of nitrogens with one attached hydrogen (secondary N) is 1. The quantitative estimate of drug-likeness (QED) is 0.558. The summed E-state index contributed by atoms with van der Waals surface area (Å²) in [4.78, 5) is 11.8. The van der Waals surface area contributed by atoms with E-state index in [-0.39, 0.29) is 5.91 Å².